The van der Waals surface area contributed by atoms with Gasteiger partial charge in [-0.25, -0.2) is 4.79 Å². The molecular weight excluding hydrogens is 268 g/mol. The Hall–Kier alpha value is -2.01. The first kappa shape index (κ1) is 15.4. The summed E-state index contributed by atoms with van der Waals surface area (Å²) in [5.74, 6) is 0.826. The maximum absolute atomic E-state index is 11.9. The van der Waals surface area contributed by atoms with Crippen LogP contribution in [-0.4, -0.2) is 49.9 Å². The molecule has 1 heterocycles. The Morgan fingerprint density at radius 3 is 3.24 bits per heavy atom. The molecule has 2 amide bonds. The summed E-state index contributed by atoms with van der Waals surface area (Å²) in [6, 6.07) is 7.80. The highest BCUT2D eigenvalue weighted by Crippen LogP contribution is 2.14. The summed E-state index contributed by atoms with van der Waals surface area (Å²) in [5.41, 5.74) is 1.16. The number of amides is 2. The number of urea groups is 1. The number of nitrogens with zero attached hydrogens (tertiary/aromatic N) is 1. The Kier molecular flexibility index (Phi) is 5.63. The van der Waals surface area contributed by atoms with E-state index in [1.165, 1.54) is 0 Å². The van der Waals surface area contributed by atoms with Gasteiger partial charge in [-0.3, -0.25) is 0 Å². The van der Waals surface area contributed by atoms with Gasteiger partial charge in [0.25, 0.3) is 0 Å². The molecule has 0 saturated carbocycles. The fraction of sp³-hybridized carbons (Fsp3) is 0.438. The van der Waals surface area contributed by atoms with Gasteiger partial charge in [0.15, 0.2) is 0 Å². The minimum Gasteiger partial charge on any atom is -0.491 e. The highest BCUT2D eigenvalue weighted by atomic mass is 16.5. The third-order valence-electron chi connectivity index (χ3n) is 3.25. The van der Waals surface area contributed by atoms with Crippen LogP contribution in [0.3, 0.4) is 0 Å². The SMILES string of the molecule is C=CCNC(=O)N1CCO[C@H](COc2cccc(C)c2)C1. The Labute approximate surface area is 125 Å². The molecule has 1 N–H and O–H groups in total. The summed E-state index contributed by atoms with van der Waals surface area (Å²) >= 11 is 0. The van der Waals surface area contributed by atoms with Gasteiger partial charge in [-0.2, -0.15) is 0 Å². The fourth-order valence-electron chi connectivity index (χ4n) is 2.17. The monoisotopic (exact) mass is 290 g/mol. The van der Waals surface area contributed by atoms with Crippen molar-refractivity contribution in [2.24, 2.45) is 0 Å². The van der Waals surface area contributed by atoms with Gasteiger partial charge < -0.3 is 19.7 Å². The van der Waals surface area contributed by atoms with E-state index in [0.717, 1.165) is 11.3 Å². The number of aryl methyl sites for hydroxylation is 1. The molecule has 0 bridgehead atoms. The highest BCUT2D eigenvalue weighted by Gasteiger charge is 2.24. The summed E-state index contributed by atoms with van der Waals surface area (Å²) in [5, 5.41) is 2.78. The van der Waals surface area contributed by atoms with Crippen LogP contribution in [0.2, 0.25) is 0 Å². The molecule has 0 aromatic heterocycles. The first-order chi connectivity index (χ1) is 10.2. The molecule has 0 unspecified atom stereocenters. The second kappa shape index (κ2) is 7.69. The van der Waals surface area contributed by atoms with Crippen LogP contribution in [0, 0.1) is 6.92 Å². The van der Waals surface area contributed by atoms with E-state index in [4.69, 9.17) is 9.47 Å². The number of hydrogen-bond donors (Lipinski definition) is 1. The van der Waals surface area contributed by atoms with E-state index in [2.05, 4.69) is 11.9 Å². The van der Waals surface area contributed by atoms with E-state index in [1.54, 1.807) is 11.0 Å². The molecule has 2 rings (SSSR count). The summed E-state index contributed by atoms with van der Waals surface area (Å²) < 4.78 is 11.4. The lowest BCUT2D eigenvalue weighted by atomic mass is 10.2. The Morgan fingerprint density at radius 1 is 1.62 bits per heavy atom. The molecule has 21 heavy (non-hydrogen) atoms. The maximum Gasteiger partial charge on any atom is 0.317 e. The molecule has 0 radical (unpaired) electrons. The second-order valence-corrected chi connectivity index (χ2v) is 5.04. The van der Waals surface area contributed by atoms with Crippen LogP contribution in [0.5, 0.6) is 5.75 Å². The molecule has 1 fully saturated rings. The zero-order valence-corrected chi connectivity index (χ0v) is 12.4. The van der Waals surface area contributed by atoms with Crippen molar-refractivity contribution in [2.75, 3.05) is 32.8 Å². The quantitative estimate of drug-likeness (QED) is 0.844. The van der Waals surface area contributed by atoms with Gasteiger partial charge in [-0.1, -0.05) is 18.2 Å². The van der Waals surface area contributed by atoms with Crippen molar-refractivity contribution >= 4 is 6.03 Å². The van der Waals surface area contributed by atoms with Crippen LogP contribution >= 0.6 is 0 Å². The lowest BCUT2D eigenvalue weighted by molar-refractivity contribution is -0.0351. The van der Waals surface area contributed by atoms with E-state index < -0.39 is 0 Å². The first-order valence-corrected chi connectivity index (χ1v) is 7.14. The third-order valence-corrected chi connectivity index (χ3v) is 3.25. The van der Waals surface area contributed by atoms with E-state index in [9.17, 15) is 4.79 Å². The molecule has 1 aromatic carbocycles. The molecule has 1 atom stereocenters. The van der Waals surface area contributed by atoms with Gasteiger partial charge in [-0.05, 0) is 24.6 Å². The molecule has 1 aliphatic rings. The van der Waals surface area contributed by atoms with Crippen LogP contribution in [0.4, 0.5) is 4.79 Å². The maximum atomic E-state index is 11.9. The number of carbonyl (C=O) groups excluding carboxylic acids is 1. The standard InChI is InChI=1S/C16H22N2O3/c1-3-7-17-16(19)18-8-9-20-15(11-18)12-21-14-6-4-5-13(2)10-14/h3-6,10,15H,1,7-9,11-12H2,2H3,(H,17,19)/t15-/m0/s1. The first-order valence-electron chi connectivity index (χ1n) is 7.14. The molecule has 114 valence electrons. The van der Waals surface area contributed by atoms with E-state index in [1.807, 2.05) is 31.2 Å². The van der Waals surface area contributed by atoms with Crippen LogP contribution in [0.1, 0.15) is 5.56 Å². The summed E-state index contributed by atoms with van der Waals surface area (Å²) in [6.07, 6.45) is 1.56. The molecular formula is C16H22N2O3. The molecule has 0 aliphatic carbocycles. The molecule has 1 saturated heterocycles. The Bertz CT molecular complexity index is 490. The summed E-state index contributed by atoms with van der Waals surface area (Å²) in [7, 11) is 0. The number of benzene rings is 1. The largest absolute Gasteiger partial charge is 0.491 e. The van der Waals surface area contributed by atoms with Crippen molar-refractivity contribution in [1.82, 2.24) is 10.2 Å². The lowest BCUT2D eigenvalue weighted by Gasteiger charge is -2.32. The van der Waals surface area contributed by atoms with Crippen molar-refractivity contribution < 1.29 is 14.3 Å². The van der Waals surface area contributed by atoms with E-state index in [-0.39, 0.29) is 12.1 Å². The zero-order valence-electron chi connectivity index (χ0n) is 12.4. The summed E-state index contributed by atoms with van der Waals surface area (Å²) in [6.45, 7) is 8.19. The van der Waals surface area contributed by atoms with Crippen LogP contribution in [0.25, 0.3) is 0 Å². The topological polar surface area (TPSA) is 50.8 Å². The predicted octanol–water partition coefficient (Wildman–Crippen LogP) is 1.97. The summed E-state index contributed by atoms with van der Waals surface area (Å²) in [4.78, 5) is 13.6. The van der Waals surface area contributed by atoms with Gasteiger partial charge in [0.2, 0.25) is 0 Å². The average molecular weight is 290 g/mol. The third kappa shape index (κ3) is 4.79. The smallest absolute Gasteiger partial charge is 0.317 e. The molecule has 0 spiro atoms. The second-order valence-electron chi connectivity index (χ2n) is 5.04. The predicted molar refractivity (Wildman–Crippen MR) is 81.6 cm³/mol. The van der Waals surface area contributed by atoms with Gasteiger partial charge in [0, 0.05) is 13.1 Å². The fourth-order valence-corrected chi connectivity index (χ4v) is 2.17. The minimum atomic E-state index is -0.103. The van der Waals surface area contributed by atoms with Gasteiger partial charge in [0.05, 0.1) is 13.2 Å². The molecule has 5 nitrogen and oxygen atoms in total. The Morgan fingerprint density at radius 2 is 2.48 bits per heavy atom. The zero-order chi connectivity index (χ0) is 15.1. The van der Waals surface area contributed by atoms with Crippen molar-refractivity contribution in [3.63, 3.8) is 0 Å². The van der Waals surface area contributed by atoms with E-state index >= 15 is 0 Å². The van der Waals surface area contributed by atoms with Crippen molar-refractivity contribution in [3.8, 4) is 5.75 Å². The number of carbonyl (C=O) groups is 1. The molecule has 1 aliphatic heterocycles. The highest BCUT2D eigenvalue weighted by molar-refractivity contribution is 5.74. The number of hydrogen-bond acceptors (Lipinski definition) is 3. The van der Waals surface area contributed by atoms with Gasteiger partial charge >= 0.3 is 6.03 Å². The van der Waals surface area contributed by atoms with Crippen molar-refractivity contribution in [2.45, 2.75) is 13.0 Å². The number of nitrogens with one attached hydrogen (secondary N) is 1. The van der Waals surface area contributed by atoms with Crippen LogP contribution in [0.15, 0.2) is 36.9 Å². The van der Waals surface area contributed by atoms with E-state index in [0.29, 0.717) is 32.8 Å². The van der Waals surface area contributed by atoms with Gasteiger partial charge in [-0.15, -0.1) is 6.58 Å². The number of rotatable bonds is 5. The Balaban J connectivity index is 1.81. The van der Waals surface area contributed by atoms with Crippen LogP contribution in [-0.2, 0) is 4.74 Å². The minimum absolute atomic E-state index is 0.0845. The van der Waals surface area contributed by atoms with Crippen molar-refractivity contribution in [3.05, 3.63) is 42.5 Å². The normalized spacial score (nSPS) is 18.1. The number of morpholine rings is 1. The number of ether oxygens (including phenoxy) is 2. The lowest BCUT2D eigenvalue weighted by Crippen LogP contribution is -2.51. The molecule has 1 aromatic rings. The van der Waals surface area contributed by atoms with Gasteiger partial charge in [0.1, 0.15) is 18.5 Å². The average Bonchev–Trinajstić information content (AvgIpc) is 2.51. The van der Waals surface area contributed by atoms with Crippen molar-refractivity contribution in [1.29, 1.82) is 0 Å². The molecule has 5 heteroatoms. The van der Waals surface area contributed by atoms with Crippen LogP contribution < -0.4 is 10.1 Å².